The molecule has 3 aliphatic rings. The van der Waals surface area contributed by atoms with Crippen molar-refractivity contribution < 1.29 is 19.7 Å². The molecule has 2 aromatic rings. The molecule has 0 radical (unpaired) electrons. The number of allylic oxidation sites excluding steroid dienone is 1. The van der Waals surface area contributed by atoms with Crippen molar-refractivity contribution >= 4 is 17.5 Å². The lowest BCUT2D eigenvalue weighted by molar-refractivity contribution is -0.122. The molecule has 162 valence electrons. The van der Waals surface area contributed by atoms with Crippen molar-refractivity contribution in [2.45, 2.75) is 41.4 Å². The fourth-order valence-electron chi connectivity index (χ4n) is 5.87. The average molecular weight is 438 g/mol. The topological polar surface area (TPSA) is 70.0 Å². The van der Waals surface area contributed by atoms with E-state index in [-0.39, 0.29) is 40.9 Å². The minimum Gasteiger partial charge on any atom is -0.504 e. The first-order valence-electron chi connectivity index (χ1n) is 10.6. The second kappa shape index (κ2) is 7.31. The zero-order valence-corrected chi connectivity index (χ0v) is 18.8. The number of methoxy groups -OCH3 is 1. The Morgan fingerprint density at radius 2 is 1.97 bits per heavy atom. The Morgan fingerprint density at radius 3 is 2.71 bits per heavy atom. The Balaban J connectivity index is 1.76. The van der Waals surface area contributed by atoms with E-state index >= 15 is 0 Å². The Morgan fingerprint density at radius 1 is 1.19 bits per heavy atom. The Kier molecular flexibility index (Phi) is 4.83. The zero-order valence-electron chi connectivity index (χ0n) is 18.0. The van der Waals surface area contributed by atoms with Crippen LogP contribution in [0.2, 0.25) is 0 Å². The van der Waals surface area contributed by atoms with Crippen LogP contribution in [0.25, 0.3) is 0 Å². The van der Waals surface area contributed by atoms with Gasteiger partial charge in [0.05, 0.1) is 12.4 Å². The van der Waals surface area contributed by atoms with Crippen molar-refractivity contribution in [3.63, 3.8) is 0 Å². The summed E-state index contributed by atoms with van der Waals surface area (Å²) in [6.45, 7) is 2.93. The Bertz CT molecular complexity index is 1100. The standard InChI is InChI=1S/C25H27NO4S/c1-14-6-4-5-7-20(14)31-24-15-8-9-17(27)23(29)21(15)25-10-11-26(2)22(24)16(25)12-19(30-3)18(28)13-25/h4-9,12,16,22,24,27,29H,10-11,13H2,1-3H3. The van der Waals surface area contributed by atoms with Gasteiger partial charge in [0.15, 0.2) is 23.0 Å². The molecular weight excluding hydrogens is 410 g/mol. The van der Waals surface area contributed by atoms with Gasteiger partial charge in [0.25, 0.3) is 0 Å². The number of aryl methyl sites for hydroxylation is 1. The maximum atomic E-state index is 12.9. The van der Waals surface area contributed by atoms with Crippen molar-refractivity contribution in [1.82, 2.24) is 4.90 Å². The van der Waals surface area contributed by atoms with Gasteiger partial charge in [0.1, 0.15) is 0 Å². The van der Waals surface area contributed by atoms with Gasteiger partial charge in [0, 0.05) is 34.3 Å². The van der Waals surface area contributed by atoms with Crippen LogP contribution in [-0.4, -0.2) is 47.6 Å². The van der Waals surface area contributed by atoms with E-state index in [0.717, 1.165) is 24.1 Å². The highest BCUT2D eigenvalue weighted by Gasteiger charge is 2.59. The number of carbonyl (C=O) groups excluding carboxylic acids is 1. The fraction of sp³-hybridized carbons (Fsp3) is 0.400. The summed E-state index contributed by atoms with van der Waals surface area (Å²) in [5.74, 6) is 0.158. The average Bonchev–Trinajstić information content (AvgIpc) is 2.75. The lowest BCUT2D eigenvalue weighted by Gasteiger charge is -2.58. The van der Waals surface area contributed by atoms with Crippen LogP contribution in [0.4, 0.5) is 0 Å². The molecule has 0 aromatic heterocycles. The van der Waals surface area contributed by atoms with Crippen LogP contribution in [0, 0.1) is 12.8 Å². The van der Waals surface area contributed by atoms with E-state index in [1.807, 2.05) is 24.3 Å². The Hall–Kier alpha value is -2.44. The molecule has 31 heavy (non-hydrogen) atoms. The second-order valence-corrected chi connectivity index (χ2v) is 10.1. The number of carbonyl (C=O) groups is 1. The molecule has 1 fully saturated rings. The third-order valence-electron chi connectivity index (χ3n) is 7.38. The number of phenolic OH excluding ortho intramolecular Hbond substituents is 2. The van der Waals surface area contributed by atoms with Gasteiger partial charge in [-0.15, -0.1) is 11.8 Å². The number of hydrogen-bond acceptors (Lipinski definition) is 6. The molecule has 2 bridgehead atoms. The summed E-state index contributed by atoms with van der Waals surface area (Å²) in [5, 5.41) is 21.5. The van der Waals surface area contributed by atoms with Gasteiger partial charge in [-0.25, -0.2) is 0 Å². The van der Waals surface area contributed by atoms with Gasteiger partial charge >= 0.3 is 0 Å². The van der Waals surface area contributed by atoms with Crippen LogP contribution in [0.5, 0.6) is 11.5 Å². The van der Waals surface area contributed by atoms with Gasteiger partial charge in [-0.2, -0.15) is 0 Å². The maximum Gasteiger partial charge on any atom is 0.197 e. The lowest BCUT2D eigenvalue weighted by atomic mass is 9.53. The number of aromatic hydroxyl groups is 2. The van der Waals surface area contributed by atoms with Crippen molar-refractivity contribution in [2.75, 3.05) is 20.7 Å². The number of ketones is 1. The van der Waals surface area contributed by atoms with Crippen molar-refractivity contribution in [1.29, 1.82) is 0 Å². The number of likely N-dealkylation sites (N-methyl/N-ethyl adjacent to an activating group) is 1. The number of likely N-dealkylation sites (tertiary alicyclic amines) is 1. The molecule has 5 nitrogen and oxygen atoms in total. The summed E-state index contributed by atoms with van der Waals surface area (Å²) in [7, 11) is 3.68. The monoisotopic (exact) mass is 437 g/mol. The van der Waals surface area contributed by atoms with Gasteiger partial charge in [-0.05, 0) is 56.3 Å². The molecule has 6 heteroatoms. The van der Waals surface area contributed by atoms with E-state index < -0.39 is 5.41 Å². The van der Waals surface area contributed by atoms with E-state index in [1.165, 1.54) is 10.5 Å². The van der Waals surface area contributed by atoms with Gasteiger partial charge < -0.3 is 19.8 Å². The molecule has 1 heterocycles. The van der Waals surface area contributed by atoms with Gasteiger partial charge in [-0.1, -0.05) is 24.3 Å². The number of thioether (sulfide) groups is 1. The molecule has 5 rings (SSSR count). The van der Waals surface area contributed by atoms with Crippen LogP contribution >= 0.6 is 11.8 Å². The first kappa shape index (κ1) is 20.5. The van der Waals surface area contributed by atoms with Gasteiger partial charge in [0.2, 0.25) is 0 Å². The highest BCUT2D eigenvalue weighted by atomic mass is 32.2. The molecule has 2 aromatic carbocycles. The number of rotatable bonds is 3. The Labute approximate surface area is 186 Å². The molecule has 4 unspecified atom stereocenters. The molecule has 4 atom stereocenters. The summed E-state index contributed by atoms with van der Waals surface area (Å²) in [5.41, 5.74) is 2.43. The van der Waals surface area contributed by atoms with Crippen LogP contribution in [0.3, 0.4) is 0 Å². The second-order valence-electron chi connectivity index (χ2n) is 8.94. The minimum atomic E-state index is -0.531. The summed E-state index contributed by atoms with van der Waals surface area (Å²) in [6.07, 6.45) is 3.01. The fourth-order valence-corrected chi connectivity index (χ4v) is 7.39. The van der Waals surface area contributed by atoms with Crippen molar-refractivity contribution in [2.24, 2.45) is 5.92 Å². The van der Waals surface area contributed by atoms with E-state index in [9.17, 15) is 15.0 Å². The van der Waals surface area contributed by atoms with Gasteiger partial charge in [-0.3, -0.25) is 4.79 Å². The van der Waals surface area contributed by atoms with Crippen molar-refractivity contribution in [3.05, 3.63) is 64.9 Å². The summed E-state index contributed by atoms with van der Waals surface area (Å²) in [6, 6.07) is 12.0. The lowest BCUT2D eigenvalue weighted by Crippen LogP contribution is -2.61. The molecule has 2 aliphatic carbocycles. The minimum absolute atomic E-state index is 0.000573. The smallest absolute Gasteiger partial charge is 0.197 e. The number of piperidine rings is 1. The first-order chi connectivity index (χ1) is 14.9. The predicted molar refractivity (Wildman–Crippen MR) is 120 cm³/mol. The summed E-state index contributed by atoms with van der Waals surface area (Å²) >= 11 is 1.79. The van der Waals surface area contributed by atoms with E-state index in [4.69, 9.17) is 4.74 Å². The maximum absolute atomic E-state index is 12.9. The van der Waals surface area contributed by atoms with Crippen LogP contribution in [0.15, 0.2) is 53.1 Å². The number of phenols is 2. The molecule has 1 saturated heterocycles. The quantitative estimate of drug-likeness (QED) is 0.697. The molecule has 0 spiro atoms. The first-order valence-corrected chi connectivity index (χ1v) is 11.5. The highest BCUT2D eigenvalue weighted by molar-refractivity contribution is 7.99. The molecule has 0 saturated carbocycles. The number of benzene rings is 2. The van der Waals surface area contributed by atoms with E-state index in [0.29, 0.717) is 5.76 Å². The SMILES string of the molecule is COC1=CC2C3C(Sc4ccccc4C)c4ccc(O)c(O)c4C2(CCN3C)CC1=O. The molecular formula is C25H27NO4S. The number of fused-ring (bicyclic) bond motifs is 1. The number of Topliss-reactive ketones (excluding diaryl/α,β-unsaturated/α-hetero) is 1. The highest BCUT2D eigenvalue weighted by Crippen LogP contribution is 2.63. The zero-order chi connectivity index (χ0) is 21.9. The normalized spacial score (nSPS) is 29.7. The largest absolute Gasteiger partial charge is 0.504 e. The van der Waals surface area contributed by atoms with E-state index in [2.05, 4.69) is 31.0 Å². The molecule has 0 amide bonds. The van der Waals surface area contributed by atoms with Crippen LogP contribution in [-0.2, 0) is 14.9 Å². The number of hydrogen-bond donors (Lipinski definition) is 2. The van der Waals surface area contributed by atoms with Crippen LogP contribution in [0.1, 0.15) is 34.8 Å². The number of ether oxygens (including phenoxy) is 1. The van der Waals surface area contributed by atoms with E-state index in [1.54, 1.807) is 24.9 Å². The third kappa shape index (κ3) is 2.92. The summed E-state index contributed by atoms with van der Waals surface area (Å²) < 4.78 is 5.44. The number of nitrogens with zero attached hydrogens (tertiary/aromatic N) is 1. The third-order valence-corrected chi connectivity index (χ3v) is 8.88. The molecule has 1 aliphatic heterocycles. The molecule has 2 N–H and O–H groups in total. The summed E-state index contributed by atoms with van der Waals surface area (Å²) in [4.78, 5) is 16.5. The van der Waals surface area contributed by atoms with Crippen LogP contribution < -0.4 is 0 Å². The van der Waals surface area contributed by atoms with Crippen molar-refractivity contribution in [3.8, 4) is 11.5 Å². The predicted octanol–water partition coefficient (Wildman–Crippen LogP) is 4.31.